The third-order valence-corrected chi connectivity index (χ3v) is 8.00. The molecule has 5 rings (SSSR count). The van der Waals surface area contributed by atoms with Crippen molar-refractivity contribution in [2.45, 2.75) is 38.1 Å². The number of nitrogens with one attached hydrogen (secondary N) is 1. The number of likely N-dealkylation sites (tertiary alicyclic amines) is 1. The number of aromatic nitrogens is 2. The molecule has 1 aliphatic carbocycles. The van der Waals surface area contributed by atoms with Crippen molar-refractivity contribution in [3.05, 3.63) is 41.2 Å². The summed E-state index contributed by atoms with van der Waals surface area (Å²) in [4.78, 5) is 16.6. The fourth-order valence-corrected chi connectivity index (χ4v) is 6.16. The zero-order valence-corrected chi connectivity index (χ0v) is 19.7. The van der Waals surface area contributed by atoms with Crippen molar-refractivity contribution in [1.82, 2.24) is 20.2 Å². The van der Waals surface area contributed by atoms with Crippen molar-refractivity contribution in [2.75, 3.05) is 50.1 Å². The van der Waals surface area contributed by atoms with Gasteiger partial charge in [0.25, 0.3) is 0 Å². The van der Waals surface area contributed by atoms with Crippen molar-refractivity contribution >= 4 is 30.0 Å². The summed E-state index contributed by atoms with van der Waals surface area (Å²) in [6.07, 6.45) is 8.24. The Kier molecular flexibility index (Phi) is 5.51. The molecule has 0 amide bonds. The molecule has 0 radical (unpaired) electrons. The Balaban J connectivity index is 1.36. The number of nitrogens with zero attached hydrogens (tertiary/aromatic N) is 5. The van der Waals surface area contributed by atoms with Crippen LogP contribution in [-0.4, -0.2) is 61.2 Å². The molecule has 1 saturated carbocycles. The number of hydrogen-bond acceptors (Lipinski definition) is 7. The molecule has 0 aromatic carbocycles. The van der Waals surface area contributed by atoms with Gasteiger partial charge in [-0.1, -0.05) is 32.4 Å². The third kappa shape index (κ3) is 3.76. The zero-order chi connectivity index (χ0) is 21.7. The molecule has 6 nitrogen and oxygen atoms in total. The van der Waals surface area contributed by atoms with E-state index in [1.54, 1.807) is 0 Å². The maximum atomic E-state index is 4.97. The first-order valence-electron chi connectivity index (χ1n) is 11.6. The number of rotatable bonds is 4. The molecule has 3 aliphatic heterocycles. The summed E-state index contributed by atoms with van der Waals surface area (Å²) in [6.45, 7) is 13.1. The molecule has 1 N–H and O–H groups in total. The van der Waals surface area contributed by atoms with E-state index in [9.17, 15) is 0 Å². The maximum absolute atomic E-state index is 4.97. The summed E-state index contributed by atoms with van der Waals surface area (Å²) < 4.78 is 0. The largest absolute Gasteiger partial charge is 0.382 e. The van der Waals surface area contributed by atoms with Crippen molar-refractivity contribution in [3.63, 3.8) is 0 Å². The Labute approximate surface area is 191 Å². The lowest BCUT2D eigenvalue weighted by Crippen LogP contribution is -2.33. The molecule has 3 fully saturated rings. The number of fused-ring (bicyclic) bond motifs is 2. The second-order valence-corrected chi connectivity index (χ2v) is 10.2. The van der Waals surface area contributed by atoms with Gasteiger partial charge in [-0.25, -0.2) is 4.98 Å². The molecule has 0 bridgehead atoms. The number of hydrogen-bond donors (Lipinski definition) is 2. The minimum absolute atomic E-state index is 0.488. The first-order valence-corrected chi connectivity index (χ1v) is 12.0. The van der Waals surface area contributed by atoms with E-state index in [0.717, 1.165) is 64.1 Å². The van der Waals surface area contributed by atoms with Crippen LogP contribution in [0.2, 0.25) is 0 Å². The van der Waals surface area contributed by atoms with Gasteiger partial charge in [0.15, 0.2) is 0 Å². The lowest BCUT2D eigenvalue weighted by molar-refractivity contribution is 0.386. The molecule has 7 heteroatoms. The average Bonchev–Trinajstić information content (AvgIpc) is 3.30. The van der Waals surface area contributed by atoms with E-state index in [4.69, 9.17) is 22.6 Å². The van der Waals surface area contributed by atoms with Crippen LogP contribution in [0.5, 0.6) is 0 Å². The minimum atomic E-state index is 0.488. The first-order chi connectivity index (χ1) is 14.9. The van der Waals surface area contributed by atoms with Gasteiger partial charge in [-0.15, -0.1) is 12.6 Å². The topological polar surface area (TPSA) is 47.5 Å². The van der Waals surface area contributed by atoms with Gasteiger partial charge >= 0.3 is 0 Å². The van der Waals surface area contributed by atoms with Gasteiger partial charge in [0.05, 0.1) is 5.03 Å². The Morgan fingerprint density at radius 2 is 1.77 bits per heavy atom. The lowest BCUT2D eigenvalue weighted by atomic mass is 9.92. The maximum Gasteiger partial charge on any atom is 0.227 e. The van der Waals surface area contributed by atoms with E-state index < -0.39 is 0 Å². The monoisotopic (exact) mass is 438 g/mol. The lowest BCUT2D eigenvalue weighted by Gasteiger charge is -2.33. The highest BCUT2D eigenvalue weighted by Gasteiger charge is 2.40. The van der Waals surface area contributed by atoms with Gasteiger partial charge in [0.2, 0.25) is 5.95 Å². The van der Waals surface area contributed by atoms with Crippen molar-refractivity contribution in [1.29, 1.82) is 0 Å². The summed E-state index contributed by atoms with van der Waals surface area (Å²) >= 11 is 4.86. The van der Waals surface area contributed by atoms with E-state index in [2.05, 4.69) is 35.3 Å². The van der Waals surface area contributed by atoms with E-state index in [1.165, 1.54) is 45.2 Å². The van der Waals surface area contributed by atoms with Crippen molar-refractivity contribution < 1.29 is 0 Å². The number of thiol groups is 1. The second kappa shape index (κ2) is 8.17. The highest BCUT2D eigenvalue weighted by atomic mass is 32.1. The number of anilines is 2. The molecule has 2 unspecified atom stereocenters. The molecule has 2 saturated heterocycles. The van der Waals surface area contributed by atoms with Crippen LogP contribution in [-0.2, 0) is 0 Å². The predicted molar refractivity (Wildman–Crippen MR) is 131 cm³/mol. The molecular weight excluding hydrogens is 404 g/mol. The Hall–Kier alpha value is -1.99. The minimum Gasteiger partial charge on any atom is -0.382 e. The highest BCUT2D eigenvalue weighted by molar-refractivity contribution is 7.84. The SMILES string of the molecule is C=C(NC1CCCCC1)C1=C(S)N(C)c2nc(N3CC4CN(C)CC4C3)ncc2C1=C. The molecule has 166 valence electrons. The van der Waals surface area contributed by atoms with Crippen LogP contribution in [0.1, 0.15) is 37.7 Å². The Morgan fingerprint density at radius 1 is 1.10 bits per heavy atom. The van der Waals surface area contributed by atoms with Crippen LogP contribution in [0.25, 0.3) is 5.57 Å². The van der Waals surface area contributed by atoms with E-state index >= 15 is 0 Å². The van der Waals surface area contributed by atoms with Gasteiger partial charge in [-0.05, 0) is 37.3 Å². The standard InChI is InChI=1S/C24H34N6S/c1-15-20-10-25-24(30-13-17-11-28(3)12-18(17)14-30)27-22(20)29(4)23(31)21(15)16(2)26-19-8-6-5-7-9-19/h10,17-19,26,31H,1-2,5-9,11-14H2,3-4H3. The van der Waals surface area contributed by atoms with Crippen LogP contribution in [0, 0.1) is 11.8 Å². The van der Waals surface area contributed by atoms with Crippen LogP contribution in [0.15, 0.2) is 35.7 Å². The summed E-state index contributed by atoms with van der Waals surface area (Å²) in [7, 11) is 4.24. The van der Waals surface area contributed by atoms with E-state index in [0.29, 0.717) is 6.04 Å². The van der Waals surface area contributed by atoms with Crippen LogP contribution in [0.4, 0.5) is 11.8 Å². The molecule has 0 spiro atoms. The fraction of sp³-hybridized carbons (Fsp3) is 0.583. The normalized spacial score (nSPS) is 27.0. The highest BCUT2D eigenvalue weighted by Crippen LogP contribution is 2.42. The summed E-state index contributed by atoms with van der Waals surface area (Å²) in [5.41, 5.74) is 3.74. The molecule has 1 aromatic heterocycles. The van der Waals surface area contributed by atoms with E-state index in [1.807, 2.05) is 18.1 Å². The molecule has 2 atom stereocenters. The molecule has 4 aliphatic rings. The van der Waals surface area contributed by atoms with Gasteiger partial charge in [-0.2, -0.15) is 4.98 Å². The zero-order valence-electron chi connectivity index (χ0n) is 18.8. The van der Waals surface area contributed by atoms with Crippen LogP contribution < -0.4 is 15.1 Å². The summed E-state index contributed by atoms with van der Waals surface area (Å²) in [5.74, 6) is 3.14. The molecule has 31 heavy (non-hydrogen) atoms. The smallest absolute Gasteiger partial charge is 0.227 e. The molecule has 4 heterocycles. The second-order valence-electron chi connectivity index (χ2n) is 9.75. The predicted octanol–water partition coefficient (Wildman–Crippen LogP) is 3.51. The quantitative estimate of drug-likeness (QED) is 0.702. The summed E-state index contributed by atoms with van der Waals surface area (Å²) in [6, 6.07) is 0.488. The molecular formula is C24H34N6S. The summed E-state index contributed by atoms with van der Waals surface area (Å²) in [5, 5.41) is 4.48. The average molecular weight is 439 g/mol. The van der Waals surface area contributed by atoms with Crippen molar-refractivity contribution in [2.24, 2.45) is 11.8 Å². The Morgan fingerprint density at radius 3 is 2.45 bits per heavy atom. The van der Waals surface area contributed by atoms with Gasteiger partial charge in [-0.3, -0.25) is 0 Å². The first kappa shape index (κ1) is 20.9. The van der Waals surface area contributed by atoms with Crippen molar-refractivity contribution in [3.8, 4) is 0 Å². The van der Waals surface area contributed by atoms with E-state index in [-0.39, 0.29) is 0 Å². The van der Waals surface area contributed by atoms with Crippen LogP contribution in [0.3, 0.4) is 0 Å². The van der Waals surface area contributed by atoms with Crippen LogP contribution >= 0.6 is 12.6 Å². The molecule has 1 aromatic rings. The van der Waals surface area contributed by atoms with Gasteiger partial charge < -0.3 is 20.0 Å². The fourth-order valence-electron chi connectivity index (χ4n) is 5.80. The van der Waals surface area contributed by atoms with Gasteiger partial charge in [0.1, 0.15) is 5.82 Å². The number of allylic oxidation sites excluding steroid dienone is 1. The Bertz CT molecular complexity index is 920. The third-order valence-electron chi connectivity index (χ3n) is 7.48. The van der Waals surface area contributed by atoms with Gasteiger partial charge in [0, 0.05) is 62.3 Å².